The number of β-amino-alcohol motifs (C(OH)–C–C–N with tert-alkyl or cyclic N) is 1. The Hall–Kier alpha value is -1.90. The summed E-state index contributed by atoms with van der Waals surface area (Å²) in [6, 6.07) is 9.75. The normalized spacial score (nSPS) is 18.2. The van der Waals surface area contributed by atoms with E-state index in [0.29, 0.717) is 38.6 Å². The first-order valence-electron chi connectivity index (χ1n) is 8.58. The number of rotatable bonds is 6. The van der Waals surface area contributed by atoms with Crippen molar-refractivity contribution in [2.75, 3.05) is 32.7 Å². The maximum atomic E-state index is 12.3. The second-order valence-corrected chi connectivity index (χ2v) is 6.54. The maximum absolute atomic E-state index is 12.3. The van der Waals surface area contributed by atoms with Crippen molar-refractivity contribution < 1.29 is 22.7 Å². The molecule has 1 aliphatic rings. The van der Waals surface area contributed by atoms with Gasteiger partial charge >= 0.3 is 6.18 Å². The third-order valence-electron chi connectivity index (χ3n) is 4.38. The average molecular weight is 369 g/mol. The van der Waals surface area contributed by atoms with E-state index in [-0.39, 0.29) is 6.54 Å². The number of aliphatic hydroxyl groups is 1. The maximum Gasteiger partial charge on any atom is 0.391 e. The Morgan fingerprint density at radius 2 is 1.73 bits per heavy atom. The Bertz CT molecular complexity index is 682. The Morgan fingerprint density at radius 1 is 1.08 bits per heavy atom. The van der Waals surface area contributed by atoms with Crippen LogP contribution in [-0.2, 0) is 6.54 Å². The average Bonchev–Trinajstić information content (AvgIpc) is 3.04. The highest BCUT2D eigenvalue weighted by molar-refractivity contribution is 5.57. The summed E-state index contributed by atoms with van der Waals surface area (Å²) >= 11 is 0. The molecule has 1 saturated heterocycles. The van der Waals surface area contributed by atoms with Gasteiger partial charge in [-0.3, -0.25) is 9.80 Å². The zero-order valence-electron chi connectivity index (χ0n) is 14.3. The van der Waals surface area contributed by atoms with E-state index in [4.69, 9.17) is 4.42 Å². The van der Waals surface area contributed by atoms with Gasteiger partial charge in [-0.1, -0.05) is 30.3 Å². The zero-order valence-corrected chi connectivity index (χ0v) is 14.3. The molecular formula is C18H22F3N3O2. The van der Waals surface area contributed by atoms with E-state index in [1.807, 2.05) is 35.2 Å². The smallest absolute Gasteiger partial charge is 0.391 e. The second kappa shape index (κ2) is 8.20. The number of alkyl halides is 3. The first-order chi connectivity index (χ1) is 12.4. The molecule has 0 radical (unpaired) electrons. The number of piperazine rings is 1. The molecule has 0 amide bonds. The fourth-order valence-corrected chi connectivity index (χ4v) is 3.08. The van der Waals surface area contributed by atoms with Gasteiger partial charge in [-0.05, 0) is 0 Å². The summed E-state index contributed by atoms with van der Waals surface area (Å²) in [6.07, 6.45) is -5.23. The molecule has 0 bridgehead atoms. The quantitative estimate of drug-likeness (QED) is 0.849. The van der Waals surface area contributed by atoms with Crippen LogP contribution < -0.4 is 0 Å². The van der Waals surface area contributed by atoms with Gasteiger partial charge in [-0.25, -0.2) is 4.98 Å². The first-order valence-corrected chi connectivity index (χ1v) is 8.58. The highest BCUT2D eigenvalue weighted by Gasteiger charge is 2.32. The van der Waals surface area contributed by atoms with Crippen LogP contribution in [0.2, 0.25) is 0 Å². The molecular weight excluding hydrogens is 347 g/mol. The second-order valence-electron chi connectivity index (χ2n) is 6.54. The molecule has 26 heavy (non-hydrogen) atoms. The fourth-order valence-electron chi connectivity index (χ4n) is 3.08. The van der Waals surface area contributed by atoms with Crippen LogP contribution in [0.15, 0.2) is 41.0 Å². The molecule has 0 aliphatic carbocycles. The molecule has 3 rings (SSSR count). The number of benzene rings is 1. The number of hydrogen-bond donors (Lipinski definition) is 1. The van der Waals surface area contributed by atoms with Gasteiger partial charge in [0, 0.05) is 38.3 Å². The van der Waals surface area contributed by atoms with Gasteiger partial charge in [-0.2, -0.15) is 13.2 Å². The number of nitrogens with zero attached hydrogens (tertiary/aromatic N) is 3. The summed E-state index contributed by atoms with van der Waals surface area (Å²) < 4.78 is 42.4. The topological polar surface area (TPSA) is 52.7 Å². The third-order valence-corrected chi connectivity index (χ3v) is 4.38. The predicted molar refractivity (Wildman–Crippen MR) is 90.3 cm³/mol. The van der Waals surface area contributed by atoms with Crippen molar-refractivity contribution in [3.8, 4) is 11.3 Å². The standard InChI is InChI=1S/C18H22F3N3O2/c19-18(20,21)10-15(25)11-23-6-8-24(9-7-23)12-17-22-16(13-26-17)14-4-2-1-3-5-14/h1-5,13,15,25H,6-12H2. The molecule has 2 heterocycles. The van der Waals surface area contributed by atoms with E-state index in [2.05, 4.69) is 9.88 Å². The number of oxazole rings is 1. The van der Waals surface area contributed by atoms with Crippen molar-refractivity contribution in [1.29, 1.82) is 0 Å². The first kappa shape index (κ1) is 18.9. The van der Waals surface area contributed by atoms with Crippen molar-refractivity contribution in [2.24, 2.45) is 0 Å². The van der Waals surface area contributed by atoms with E-state index >= 15 is 0 Å². The molecule has 1 fully saturated rings. The summed E-state index contributed by atoms with van der Waals surface area (Å²) in [6.45, 7) is 3.22. The van der Waals surface area contributed by atoms with Crippen molar-refractivity contribution >= 4 is 0 Å². The fraction of sp³-hybridized carbons (Fsp3) is 0.500. The van der Waals surface area contributed by atoms with Crippen LogP contribution in [0.1, 0.15) is 12.3 Å². The summed E-state index contributed by atoms with van der Waals surface area (Å²) in [5, 5.41) is 9.55. The van der Waals surface area contributed by atoms with Crippen molar-refractivity contribution in [3.63, 3.8) is 0 Å². The Kier molecular flexibility index (Phi) is 5.95. The number of hydrogen-bond acceptors (Lipinski definition) is 5. The Labute approximate surface area is 150 Å². The van der Waals surface area contributed by atoms with E-state index in [1.165, 1.54) is 0 Å². The summed E-state index contributed by atoms with van der Waals surface area (Å²) in [4.78, 5) is 8.50. The van der Waals surface area contributed by atoms with Gasteiger partial charge < -0.3 is 9.52 Å². The van der Waals surface area contributed by atoms with Crippen molar-refractivity contribution in [2.45, 2.75) is 25.2 Å². The minimum Gasteiger partial charge on any atom is -0.447 e. The molecule has 1 unspecified atom stereocenters. The van der Waals surface area contributed by atoms with E-state index in [1.54, 1.807) is 6.26 Å². The SMILES string of the molecule is OC(CN1CCN(Cc2nc(-c3ccccc3)co2)CC1)CC(F)(F)F. The van der Waals surface area contributed by atoms with Gasteiger partial charge in [0.15, 0.2) is 0 Å². The molecule has 142 valence electrons. The van der Waals surface area contributed by atoms with E-state index in [9.17, 15) is 18.3 Å². The molecule has 0 saturated carbocycles. The van der Waals surface area contributed by atoms with Gasteiger partial charge in [0.25, 0.3) is 0 Å². The molecule has 1 N–H and O–H groups in total. The minimum absolute atomic E-state index is 0.0461. The number of aliphatic hydroxyl groups excluding tert-OH is 1. The lowest BCUT2D eigenvalue weighted by Gasteiger charge is -2.35. The van der Waals surface area contributed by atoms with Crippen LogP contribution >= 0.6 is 0 Å². The molecule has 1 aromatic carbocycles. The van der Waals surface area contributed by atoms with Crippen LogP contribution in [0.25, 0.3) is 11.3 Å². The van der Waals surface area contributed by atoms with Crippen LogP contribution in [0.4, 0.5) is 13.2 Å². The highest BCUT2D eigenvalue weighted by atomic mass is 19.4. The lowest BCUT2D eigenvalue weighted by molar-refractivity contribution is -0.155. The largest absolute Gasteiger partial charge is 0.447 e. The highest BCUT2D eigenvalue weighted by Crippen LogP contribution is 2.22. The Morgan fingerprint density at radius 3 is 2.38 bits per heavy atom. The molecule has 1 aliphatic heterocycles. The lowest BCUT2D eigenvalue weighted by atomic mass is 10.2. The van der Waals surface area contributed by atoms with Crippen molar-refractivity contribution in [3.05, 3.63) is 42.5 Å². The summed E-state index contributed by atoms with van der Waals surface area (Å²) in [7, 11) is 0. The predicted octanol–water partition coefficient (Wildman–Crippen LogP) is 2.77. The van der Waals surface area contributed by atoms with E-state index in [0.717, 1.165) is 11.3 Å². The third kappa shape index (κ3) is 5.55. The van der Waals surface area contributed by atoms with Crippen LogP contribution in [0.5, 0.6) is 0 Å². The summed E-state index contributed by atoms with van der Waals surface area (Å²) in [5.41, 5.74) is 1.78. The van der Waals surface area contributed by atoms with Gasteiger partial charge in [0.1, 0.15) is 12.0 Å². The lowest BCUT2D eigenvalue weighted by Crippen LogP contribution is -2.48. The molecule has 2 aromatic rings. The van der Waals surface area contributed by atoms with Crippen LogP contribution in [-0.4, -0.2) is 64.9 Å². The minimum atomic E-state index is -4.33. The Balaban J connectivity index is 1.45. The number of halogens is 3. The van der Waals surface area contributed by atoms with E-state index < -0.39 is 18.7 Å². The molecule has 0 spiro atoms. The van der Waals surface area contributed by atoms with Crippen LogP contribution in [0.3, 0.4) is 0 Å². The molecule has 1 atom stereocenters. The number of aromatic nitrogens is 1. The van der Waals surface area contributed by atoms with Gasteiger partial charge in [-0.15, -0.1) is 0 Å². The summed E-state index contributed by atoms with van der Waals surface area (Å²) in [5.74, 6) is 0.620. The van der Waals surface area contributed by atoms with Gasteiger partial charge in [0.2, 0.25) is 5.89 Å². The zero-order chi connectivity index (χ0) is 18.6. The van der Waals surface area contributed by atoms with Crippen LogP contribution in [0, 0.1) is 0 Å². The van der Waals surface area contributed by atoms with Crippen molar-refractivity contribution in [1.82, 2.24) is 14.8 Å². The van der Waals surface area contributed by atoms with Gasteiger partial charge in [0.05, 0.1) is 19.1 Å². The molecule has 8 heteroatoms. The molecule has 5 nitrogen and oxygen atoms in total. The monoisotopic (exact) mass is 369 g/mol. The molecule has 1 aromatic heterocycles.